The van der Waals surface area contributed by atoms with Crippen LogP contribution in [-0.4, -0.2) is 50.7 Å². The lowest BCUT2D eigenvalue weighted by molar-refractivity contribution is -0.121. The average Bonchev–Trinajstić information content (AvgIpc) is 3.11. The second kappa shape index (κ2) is 9.84. The third-order valence-corrected chi connectivity index (χ3v) is 4.77. The molecular weight excluding hydrogens is 447 g/mol. The van der Waals surface area contributed by atoms with Gasteiger partial charge in [0.1, 0.15) is 0 Å². The standard InChI is InChI=1S/C18H26N4O3.HI/c1-19-17(23)10-13-5-7-22(8-6-13)18(20-2)21-11-14-3-4-15-16(9-14)25-12-24-15;/h3-4,9,13H,5-8,10-12H2,1-2H3,(H,19,23)(H,20,21);1H. The van der Waals surface area contributed by atoms with E-state index >= 15 is 0 Å². The average molecular weight is 474 g/mol. The zero-order chi connectivity index (χ0) is 17.6. The maximum absolute atomic E-state index is 11.5. The second-order valence-electron chi connectivity index (χ2n) is 6.40. The van der Waals surface area contributed by atoms with Crippen LogP contribution in [-0.2, 0) is 11.3 Å². The highest BCUT2D eigenvalue weighted by Gasteiger charge is 2.23. The Morgan fingerprint density at radius 2 is 2.00 bits per heavy atom. The molecule has 1 aromatic carbocycles. The number of amides is 1. The van der Waals surface area contributed by atoms with Crippen molar-refractivity contribution < 1.29 is 14.3 Å². The van der Waals surface area contributed by atoms with Gasteiger partial charge in [-0.1, -0.05) is 6.07 Å². The van der Waals surface area contributed by atoms with Gasteiger partial charge in [-0.3, -0.25) is 9.79 Å². The molecule has 8 heteroatoms. The van der Waals surface area contributed by atoms with Crippen molar-refractivity contribution in [3.8, 4) is 11.5 Å². The van der Waals surface area contributed by atoms with Crippen LogP contribution >= 0.6 is 24.0 Å². The van der Waals surface area contributed by atoms with Crippen molar-refractivity contribution in [2.45, 2.75) is 25.8 Å². The highest BCUT2D eigenvalue weighted by molar-refractivity contribution is 14.0. The number of likely N-dealkylation sites (tertiary alicyclic amines) is 1. The summed E-state index contributed by atoms with van der Waals surface area (Å²) < 4.78 is 10.8. The van der Waals surface area contributed by atoms with Gasteiger partial charge in [0.05, 0.1) is 0 Å². The Morgan fingerprint density at radius 1 is 1.27 bits per heavy atom. The van der Waals surface area contributed by atoms with E-state index in [9.17, 15) is 4.79 Å². The summed E-state index contributed by atoms with van der Waals surface area (Å²) in [6.45, 7) is 2.81. The van der Waals surface area contributed by atoms with Crippen molar-refractivity contribution in [2.75, 3.05) is 34.0 Å². The third-order valence-electron chi connectivity index (χ3n) is 4.77. The number of carbonyl (C=O) groups is 1. The van der Waals surface area contributed by atoms with Gasteiger partial charge in [-0.25, -0.2) is 0 Å². The molecule has 0 atom stereocenters. The number of nitrogens with zero attached hydrogens (tertiary/aromatic N) is 2. The number of carbonyl (C=O) groups excluding carboxylic acids is 1. The first-order valence-corrected chi connectivity index (χ1v) is 8.74. The first-order valence-electron chi connectivity index (χ1n) is 8.74. The minimum atomic E-state index is 0. The van der Waals surface area contributed by atoms with Crippen LogP contribution in [0.1, 0.15) is 24.8 Å². The fraction of sp³-hybridized carbons (Fsp3) is 0.556. The fourth-order valence-electron chi connectivity index (χ4n) is 3.28. The maximum atomic E-state index is 11.5. The monoisotopic (exact) mass is 474 g/mol. The van der Waals surface area contributed by atoms with Crippen molar-refractivity contribution in [3.63, 3.8) is 0 Å². The summed E-state index contributed by atoms with van der Waals surface area (Å²) in [5.74, 6) is 3.08. The van der Waals surface area contributed by atoms with Crippen LogP contribution < -0.4 is 20.1 Å². The molecule has 0 bridgehead atoms. The third kappa shape index (κ3) is 5.15. The van der Waals surface area contributed by atoms with Gasteiger partial charge in [0.2, 0.25) is 12.7 Å². The quantitative estimate of drug-likeness (QED) is 0.397. The first kappa shape index (κ1) is 20.6. The lowest BCUT2D eigenvalue weighted by Crippen LogP contribution is -2.45. The van der Waals surface area contributed by atoms with Crippen molar-refractivity contribution in [1.29, 1.82) is 0 Å². The van der Waals surface area contributed by atoms with E-state index in [0.29, 0.717) is 25.7 Å². The van der Waals surface area contributed by atoms with Gasteiger partial charge in [-0.15, -0.1) is 24.0 Å². The van der Waals surface area contributed by atoms with Gasteiger partial charge in [-0.05, 0) is 36.5 Å². The number of ether oxygens (including phenoxy) is 2. The van der Waals surface area contributed by atoms with Crippen LogP contribution in [0.2, 0.25) is 0 Å². The predicted molar refractivity (Wildman–Crippen MR) is 111 cm³/mol. The van der Waals surface area contributed by atoms with Gasteiger partial charge >= 0.3 is 0 Å². The van der Waals surface area contributed by atoms with E-state index in [2.05, 4.69) is 20.5 Å². The Hall–Kier alpha value is -1.71. The molecular formula is C18H27IN4O3. The van der Waals surface area contributed by atoms with Crippen molar-refractivity contribution in [1.82, 2.24) is 15.5 Å². The minimum Gasteiger partial charge on any atom is -0.454 e. The lowest BCUT2D eigenvalue weighted by atomic mass is 9.93. The predicted octanol–water partition coefficient (Wildman–Crippen LogP) is 1.96. The van der Waals surface area contributed by atoms with Crippen LogP contribution in [0, 0.1) is 5.92 Å². The molecule has 26 heavy (non-hydrogen) atoms. The number of rotatable bonds is 4. The summed E-state index contributed by atoms with van der Waals surface area (Å²) in [6, 6.07) is 5.97. The number of hydrogen-bond acceptors (Lipinski definition) is 4. The number of guanidine groups is 1. The van der Waals surface area contributed by atoms with E-state index in [1.165, 1.54) is 0 Å². The Kier molecular flexibility index (Phi) is 7.80. The number of fused-ring (bicyclic) bond motifs is 1. The van der Waals surface area contributed by atoms with Crippen LogP contribution in [0.25, 0.3) is 0 Å². The molecule has 0 saturated carbocycles. The first-order chi connectivity index (χ1) is 12.2. The van der Waals surface area contributed by atoms with Crippen LogP contribution in [0.3, 0.4) is 0 Å². The highest BCUT2D eigenvalue weighted by Crippen LogP contribution is 2.32. The van der Waals surface area contributed by atoms with Crippen LogP contribution in [0.15, 0.2) is 23.2 Å². The lowest BCUT2D eigenvalue weighted by Gasteiger charge is -2.34. The zero-order valence-electron chi connectivity index (χ0n) is 15.3. The minimum absolute atomic E-state index is 0. The molecule has 0 spiro atoms. The van der Waals surface area contributed by atoms with Gasteiger partial charge in [-0.2, -0.15) is 0 Å². The smallest absolute Gasteiger partial charge is 0.231 e. The van der Waals surface area contributed by atoms with Crippen LogP contribution in [0.5, 0.6) is 11.5 Å². The molecule has 2 heterocycles. The molecule has 2 aliphatic rings. The summed E-state index contributed by atoms with van der Waals surface area (Å²) >= 11 is 0. The second-order valence-corrected chi connectivity index (χ2v) is 6.40. The molecule has 2 aliphatic heterocycles. The fourth-order valence-corrected chi connectivity index (χ4v) is 3.28. The number of piperidine rings is 1. The van der Waals surface area contributed by atoms with Gasteiger partial charge < -0.3 is 25.0 Å². The summed E-state index contributed by atoms with van der Waals surface area (Å²) in [4.78, 5) is 18.2. The largest absolute Gasteiger partial charge is 0.454 e. The molecule has 7 nitrogen and oxygen atoms in total. The summed E-state index contributed by atoms with van der Waals surface area (Å²) in [6.07, 6.45) is 2.64. The molecule has 1 saturated heterocycles. The normalized spacial score (nSPS) is 16.8. The number of benzene rings is 1. The molecule has 1 fully saturated rings. The van der Waals surface area contributed by atoms with E-state index in [1.807, 2.05) is 18.2 Å². The summed E-state index contributed by atoms with van der Waals surface area (Å²) in [5.41, 5.74) is 1.12. The van der Waals surface area contributed by atoms with E-state index < -0.39 is 0 Å². The number of hydrogen-bond donors (Lipinski definition) is 2. The van der Waals surface area contributed by atoms with Gasteiger partial charge in [0.15, 0.2) is 17.5 Å². The molecule has 1 aromatic rings. The van der Waals surface area contributed by atoms with E-state index in [4.69, 9.17) is 9.47 Å². The number of halogens is 1. The maximum Gasteiger partial charge on any atom is 0.231 e. The Bertz CT molecular complexity index is 645. The van der Waals surface area contributed by atoms with Gasteiger partial charge in [0, 0.05) is 40.2 Å². The molecule has 0 unspecified atom stereocenters. The van der Waals surface area contributed by atoms with Crippen molar-refractivity contribution in [2.24, 2.45) is 10.9 Å². The Labute approximate surface area is 171 Å². The summed E-state index contributed by atoms with van der Waals surface area (Å²) in [7, 11) is 3.50. The molecule has 1 amide bonds. The zero-order valence-corrected chi connectivity index (χ0v) is 17.6. The number of nitrogens with one attached hydrogen (secondary N) is 2. The molecule has 144 valence electrons. The Morgan fingerprint density at radius 3 is 2.69 bits per heavy atom. The van der Waals surface area contributed by atoms with Gasteiger partial charge in [0.25, 0.3) is 0 Å². The van der Waals surface area contributed by atoms with E-state index in [0.717, 1.165) is 49.0 Å². The topological polar surface area (TPSA) is 75.2 Å². The molecule has 0 aliphatic carbocycles. The van der Waals surface area contributed by atoms with Crippen LogP contribution in [0.4, 0.5) is 0 Å². The van der Waals surface area contributed by atoms with E-state index in [-0.39, 0.29) is 29.9 Å². The highest BCUT2D eigenvalue weighted by atomic mass is 127. The van der Waals surface area contributed by atoms with Crippen molar-refractivity contribution >= 4 is 35.8 Å². The SMILES string of the molecule is CN=C(NCc1ccc2c(c1)OCO2)N1CCC(CC(=O)NC)CC1.I. The molecule has 3 rings (SSSR count). The molecule has 0 radical (unpaired) electrons. The number of aliphatic imine (C=N–C) groups is 1. The Balaban J connectivity index is 0.00000243. The van der Waals surface area contributed by atoms with E-state index in [1.54, 1.807) is 14.1 Å². The summed E-state index contributed by atoms with van der Waals surface area (Å²) in [5, 5.41) is 6.12. The molecule has 0 aromatic heterocycles. The molecule has 2 N–H and O–H groups in total. The van der Waals surface area contributed by atoms with Crippen molar-refractivity contribution in [3.05, 3.63) is 23.8 Å².